The molecule has 12 heteroatoms. The predicted molar refractivity (Wildman–Crippen MR) is 190 cm³/mol. The van der Waals surface area contributed by atoms with Gasteiger partial charge < -0.3 is 29.3 Å². The van der Waals surface area contributed by atoms with Crippen LogP contribution in [0.25, 0.3) is 0 Å². The maximum atomic E-state index is 16.8. The molecule has 0 radical (unpaired) electrons. The van der Waals surface area contributed by atoms with E-state index in [1.165, 1.54) is 0 Å². The third-order valence-corrected chi connectivity index (χ3v) is 16.4. The number of ketones is 2. The summed E-state index contributed by atoms with van der Waals surface area (Å²) in [4.78, 5) is 32.0. The fourth-order valence-electron chi connectivity index (χ4n) is 8.06. The second-order valence-corrected chi connectivity index (χ2v) is 20.9. The van der Waals surface area contributed by atoms with Crippen LogP contribution in [0.5, 0.6) is 11.6 Å². The van der Waals surface area contributed by atoms with Crippen molar-refractivity contribution in [3.05, 3.63) is 51.2 Å². The number of likely N-dealkylation sites (tertiary alicyclic amines) is 1. The predicted octanol–water partition coefficient (Wildman–Crippen LogP) is 7.78. The van der Waals surface area contributed by atoms with Crippen LogP contribution in [0, 0.1) is 17.7 Å². The molecule has 274 valence electrons. The molecule has 4 aliphatic rings. The number of nitrogens with two attached hydrogens (primary N) is 1. The van der Waals surface area contributed by atoms with Crippen molar-refractivity contribution < 1.29 is 37.5 Å². The number of hydrogen-bond acceptors (Lipinski definition) is 10. The first kappa shape index (κ1) is 36.7. The highest BCUT2D eigenvalue weighted by Gasteiger charge is 2.66. The molecule has 2 aromatic rings. The van der Waals surface area contributed by atoms with Crippen molar-refractivity contribution in [3.63, 3.8) is 0 Å². The van der Waals surface area contributed by atoms with E-state index in [1.54, 1.807) is 6.07 Å². The van der Waals surface area contributed by atoms with Gasteiger partial charge >= 0.3 is 0 Å². The van der Waals surface area contributed by atoms with Gasteiger partial charge in [-0.1, -0.05) is 47.5 Å². The van der Waals surface area contributed by atoms with Crippen molar-refractivity contribution in [1.82, 2.24) is 10.1 Å². The van der Waals surface area contributed by atoms with Gasteiger partial charge in [0, 0.05) is 28.7 Å². The summed E-state index contributed by atoms with van der Waals surface area (Å²) >= 11 is 0. The Balaban J connectivity index is 1.55. The van der Waals surface area contributed by atoms with Gasteiger partial charge in [-0.2, -0.15) is 0 Å². The number of allylic oxidation sites excluding steroid dienone is 1. The zero-order valence-corrected chi connectivity index (χ0v) is 31.9. The number of ether oxygens (including phenoxy) is 2. The van der Waals surface area contributed by atoms with Crippen LogP contribution in [0.4, 0.5) is 4.39 Å². The van der Waals surface area contributed by atoms with Crippen molar-refractivity contribution in [1.29, 1.82) is 0 Å². The maximum Gasteiger partial charge on any atom is 0.265 e. The van der Waals surface area contributed by atoms with Crippen molar-refractivity contribution >= 4 is 19.9 Å². The first-order valence-electron chi connectivity index (χ1n) is 18.4. The number of Topliss-reactive ketones (excluding diaryl/α,β-unsaturated/α-hetero) is 2. The van der Waals surface area contributed by atoms with Crippen LogP contribution in [0.3, 0.4) is 0 Å². The number of hydrogen-bond donors (Lipinski definition) is 2. The number of benzene rings is 1. The van der Waals surface area contributed by atoms with Crippen molar-refractivity contribution in [2.45, 2.75) is 122 Å². The molecule has 0 bridgehead atoms. The van der Waals surface area contributed by atoms with Crippen molar-refractivity contribution in [3.8, 4) is 11.6 Å². The molecule has 3 aliphatic carbocycles. The number of fused-ring (bicyclic) bond motifs is 4. The number of carbonyl (C=O) groups is 2. The lowest BCUT2D eigenvalue weighted by Gasteiger charge is -2.53. The average molecular weight is 712 g/mol. The van der Waals surface area contributed by atoms with Gasteiger partial charge in [0.1, 0.15) is 22.9 Å². The summed E-state index contributed by atoms with van der Waals surface area (Å²) < 4.78 is 41.7. The molecule has 1 aromatic heterocycles. The molecule has 0 saturated carbocycles. The van der Waals surface area contributed by atoms with E-state index in [2.05, 4.69) is 10.1 Å². The first-order chi connectivity index (χ1) is 23.6. The minimum Gasteiger partial charge on any atom is -0.508 e. The number of nitrogens with zero attached hydrogens (tertiary/aromatic N) is 2. The van der Waals surface area contributed by atoms with Crippen LogP contribution in [-0.4, -0.2) is 67.5 Å². The topological polar surface area (TPSA) is 137 Å². The van der Waals surface area contributed by atoms with E-state index in [0.717, 1.165) is 45.1 Å². The molecule has 2 heterocycles. The number of aliphatic hydroxyl groups excluding tert-OH is 1. The number of aliphatic hydroxyl groups is 1. The zero-order valence-electron chi connectivity index (χ0n) is 30.9. The SMILES string of the molecule is CCCCOc1cc(C2CCCN2C)c(F)c2c1C(=O)C1=C(O)[C@]3(O[Si](C)(C)C(C)(C)C)C(=O)c4c(OCCCC)noc4[C@@H](N)[C@@H]3C[C@@H]1C2. The number of aromatic nitrogens is 1. The van der Waals surface area contributed by atoms with Gasteiger partial charge in [-0.3, -0.25) is 14.5 Å². The Morgan fingerprint density at radius 2 is 1.82 bits per heavy atom. The molecule has 3 N–H and O–H groups in total. The molecule has 50 heavy (non-hydrogen) atoms. The zero-order chi connectivity index (χ0) is 36.3. The van der Waals surface area contributed by atoms with Crippen LogP contribution >= 0.6 is 0 Å². The third kappa shape index (κ3) is 5.74. The minimum absolute atomic E-state index is 0.00360. The van der Waals surface area contributed by atoms with Gasteiger partial charge in [0.2, 0.25) is 5.78 Å². The van der Waals surface area contributed by atoms with Crippen molar-refractivity contribution in [2.24, 2.45) is 17.6 Å². The molecule has 5 atom stereocenters. The number of halogens is 1. The van der Waals surface area contributed by atoms with E-state index in [1.807, 2.05) is 54.8 Å². The summed E-state index contributed by atoms with van der Waals surface area (Å²) in [6.45, 7) is 15.7. The van der Waals surface area contributed by atoms with E-state index in [-0.39, 0.29) is 52.3 Å². The van der Waals surface area contributed by atoms with E-state index < -0.39 is 54.9 Å². The molecular formula is C38H54FN3O7Si. The molecule has 1 fully saturated rings. The van der Waals surface area contributed by atoms with E-state index >= 15 is 9.18 Å². The molecule has 1 unspecified atom stereocenters. The van der Waals surface area contributed by atoms with Gasteiger partial charge in [0.25, 0.3) is 5.88 Å². The molecule has 0 spiro atoms. The summed E-state index contributed by atoms with van der Waals surface area (Å²) in [7, 11) is -0.870. The van der Waals surface area contributed by atoms with Gasteiger partial charge in [-0.15, -0.1) is 0 Å². The largest absolute Gasteiger partial charge is 0.508 e. The Bertz CT molecular complexity index is 1700. The number of carbonyl (C=O) groups excluding carboxylic acids is 2. The monoisotopic (exact) mass is 711 g/mol. The molecule has 0 amide bonds. The van der Waals surface area contributed by atoms with E-state index in [4.69, 9.17) is 24.2 Å². The van der Waals surface area contributed by atoms with E-state index in [9.17, 15) is 9.90 Å². The Morgan fingerprint density at radius 3 is 2.44 bits per heavy atom. The fourth-order valence-corrected chi connectivity index (χ4v) is 9.51. The third-order valence-electron chi connectivity index (χ3n) is 11.9. The smallest absolute Gasteiger partial charge is 0.265 e. The second-order valence-electron chi connectivity index (χ2n) is 16.2. The van der Waals surface area contributed by atoms with Gasteiger partial charge in [0.05, 0.1) is 24.8 Å². The fraction of sp³-hybridized carbons (Fsp3) is 0.658. The summed E-state index contributed by atoms with van der Waals surface area (Å²) in [5.41, 5.74) is 6.02. The Hall–Kier alpha value is -3.06. The summed E-state index contributed by atoms with van der Waals surface area (Å²) in [6, 6.07) is 0.638. The standard InChI is InChI=1S/C38H54FN3O7Si/c1-9-11-16-46-26-20-22(25-14-13-15-42(25)6)30(39)23-18-21-19-24-31(40)33-29(36(41-48-33)47-17-12-10-2)35(45)38(24,49-50(7,8)37(3,4)5)34(44)27(21)32(43)28(23)26/h20-21,24-25,31,44H,9-19,40H2,1-8H3/t21-,24-,25?,31-,38-/m0/s1. The first-order valence-corrected chi connectivity index (χ1v) is 21.3. The van der Waals surface area contributed by atoms with Crippen LogP contribution in [-0.2, 0) is 10.8 Å². The van der Waals surface area contributed by atoms with Crippen LogP contribution < -0.4 is 15.2 Å². The van der Waals surface area contributed by atoms with Crippen LogP contribution in [0.15, 0.2) is 21.9 Å². The lowest BCUT2D eigenvalue weighted by molar-refractivity contribution is -0.0273. The maximum absolute atomic E-state index is 16.8. The molecule has 10 nitrogen and oxygen atoms in total. The second kappa shape index (κ2) is 13.5. The Kier molecular flexibility index (Phi) is 9.90. The normalized spacial score (nSPS) is 26.8. The lowest BCUT2D eigenvalue weighted by Crippen LogP contribution is -2.64. The molecule has 6 rings (SSSR count). The summed E-state index contributed by atoms with van der Waals surface area (Å²) in [5.74, 6) is -2.92. The van der Waals surface area contributed by atoms with Gasteiger partial charge in [-0.25, -0.2) is 4.39 Å². The summed E-state index contributed by atoms with van der Waals surface area (Å²) in [6.07, 6.45) is 5.34. The number of rotatable bonds is 11. The van der Waals surface area contributed by atoms with E-state index in [0.29, 0.717) is 30.1 Å². The highest BCUT2D eigenvalue weighted by Crippen LogP contribution is 2.58. The van der Waals surface area contributed by atoms with Crippen LogP contribution in [0.1, 0.15) is 129 Å². The summed E-state index contributed by atoms with van der Waals surface area (Å²) in [5, 5.41) is 16.3. The average Bonchev–Trinajstić information content (AvgIpc) is 3.68. The highest BCUT2D eigenvalue weighted by atomic mass is 28.4. The van der Waals surface area contributed by atoms with Gasteiger partial charge in [-0.05, 0) is 87.4 Å². The highest BCUT2D eigenvalue weighted by molar-refractivity contribution is 6.74. The molecular weight excluding hydrogens is 658 g/mol. The molecule has 1 aromatic carbocycles. The van der Waals surface area contributed by atoms with Crippen LogP contribution in [0.2, 0.25) is 18.1 Å². The molecule has 1 aliphatic heterocycles. The Morgan fingerprint density at radius 1 is 1.14 bits per heavy atom. The lowest BCUT2D eigenvalue weighted by atomic mass is 9.59. The number of unbranched alkanes of at least 4 members (excludes halogenated alkanes) is 2. The minimum atomic E-state index is -2.86. The molecule has 1 saturated heterocycles. The van der Waals surface area contributed by atoms with Crippen molar-refractivity contribution in [2.75, 3.05) is 26.8 Å². The van der Waals surface area contributed by atoms with Gasteiger partial charge in [0.15, 0.2) is 25.5 Å². The quantitative estimate of drug-likeness (QED) is 0.176. The Labute approximate surface area is 296 Å².